The van der Waals surface area contributed by atoms with Crippen LogP contribution in [-0.2, 0) is 0 Å². The Labute approximate surface area is 117 Å². The van der Waals surface area contributed by atoms with E-state index in [0.29, 0.717) is 0 Å². The Balaban J connectivity index is 1.43. The standard InChI is InChI=1S/C16H29NS/c1-18-15-5-4-14(12-15)17-13-6-10-16(11-7-13)8-2-3-9-16/h13-15,17H,2-12H2,1H3. The van der Waals surface area contributed by atoms with Crippen molar-refractivity contribution in [3.8, 4) is 0 Å². The molecule has 3 aliphatic carbocycles. The van der Waals surface area contributed by atoms with Gasteiger partial charge in [0, 0.05) is 17.3 Å². The first-order chi connectivity index (χ1) is 8.80. The molecule has 3 saturated carbocycles. The monoisotopic (exact) mass is 267 g/mol. The first-order valence-electron chi connectivity index (χ1n) is 8.09. The van der Waals surface area contributed by atoms with Gasteiger partial charge < -0.3 is 5.32 Å². The lowest BCUT2D eigenvalue weighted by Crippen LogP contribution is -2.41. The molecule has 0 bridgehead atoms. The quantitative estimate of drug-likeness (QED) is 0.815. The van der Waals surface area contributed by atoms with Crippen LogP contribution in [0.25, 0.3) is 0 Å². The van der Waals surface area contributed by atoms with E-state index in [1.807, 2.05) is 0 Å². The Bertz CT molecular complexity index is 262. The average molecular weight is 267 g/mol. The molecule has 18 heavy (non-hydrogen) atoms. The molecule has 0 aromatic rings. The molecule has 0 aromatic heterocycles. The highest BCUT2D eigenvalue weighted by atomic mass is 32.2. The van der Waals surface area contributed by atoms with E-state index in [1.165, 1.54) is 70.6 Å². The van der Waals surface area contributed by atoms with Gasteiger partial charge in [-0.05, 0) is 69.5 Å². The summed E-state index contributed by atoms with van der Waals surface area (Å²) in [5.74, 6) is 0. The molecule has 2 atom stereocenters. The first kappa shape index (κ1) is 13.3. The third-order valence-electron chi connectivity index (χ3n) is 5.90. The lowest BCUT2D eigenvalue weighted by molar-refractivity contribution is 0.163. The fraction of sp³-hybridized carbons (Fsp3) is 1.00. The molecule has 1 N–H and O–H groups in total. The van der Waals surface area contributed by atoms with Crippen molar-refractivity contribution >= 4 is 11.8 Å². The number of hydrogen-bond acceptors (Lipinski definition) is 2. The van der Waals surface area contributed by atoms with Crippen molar-refractivity contribution < 1.29 is 0 Å². The molecule has 1 nitrogen and oxygen atoms in total. The highest BCUT2D eigenvalue weighted by Gasteiger charge is 2.38. The average Bonchev–Trinajstić information content (AvgIpc) is 3.02. The number of nitrogens with one attached hydrogen (secondary N) is 1. The lowest BCUT2D eigenvalue weighted by atomic mass is 9.71. The van der Waals surface area contributed by atoms with Crippen LogP contribution in [0.5, 0.6) is 0 Å². The summed E-state index contributed by atoms with van der Waals surface area (Å²) in [6, 6.07) is 1.69. The van der Waals surface area contributed by atoms with Crippen LogP contribution in [0.1, 0.15) is 70.6 Å². The number of thioether (sulfide) groups is 1. The molecule has 0 saturated heterocycles. The molecule has 1 spiro atoms. The van der Waals surface area contributed by atoms with Crippen molar-refractivity contribution in [3.63, 3.8) is 0 Å². The van der Waals surface area contributed by atoms with Crippen LogP contribution in [-0.4, -0.2) is 23.6 Å². The van der Waals surface area contributed by atoms with Gasteiger partial charge in [-0.25, -0.2) is 0 Å². The second kappa shape index (κ2) is 5.75. The molecule has 2 unspecified atom stereocenters. The fourth-order valence-corrected chi connectivity index (χ4v) is 5.46. The van der Waals surface area contributed by atoms with E-state index >= 15 is 0 Å². The minimum Gasteiger partial charge on any atom is -0.311 e. The molecular weight excluding hydrogens is 238 g/mol. The Hall–Kier alpha value is 0.310. The van der Waals surface area contributed by atoms with Gasteiger partial charge in [0.1, 0.15) is 0 Å². The van der Waals surface area contributed by atoms with Crippen molar-refractivity contribution in [2.75, 3.05) is 6.26 Å². The normalized spacial score (nSPS) is 36.5. The molecular formula is C16H29NS. The summed E-state index contributed by atoms with van der Waals surface area (Å²) in [6.45, 7) is 0. The van der Waals surface area contributed by atoms with E-state index in [2.05, 4.69) is 23.3 Å². The SMILES string of the molecule is CSC1CCC(NC2CCC3(CCCC3)CC2)C1. The second-order valence-electron chi connectivity index (χ2n) is 7.02. The Morgan fingerprint density at radius 2 is 1.61 bits per heavy atom. The lowest BCUT2D eigenvalue weighted by Gasteiger charge is -2.38. The maximum absolute atomic E-state index is 3.98. The van der Waals surface area contributed by atoms with Crippen molar-refractivity contribution in [2.45, 2.75) is 88.0 Å². The fourth-order valence-electron chi connectivity index (χ4n) is 4.66. The topological polar surface area (TPSA) is 12.0 Å². The second-order valence-corrected chi connectivity index (χ2v) is 8.15. The van der Waals surface area contributed by atoms with Crippen LogP contribution in [0.3, 0.4) is 0 Å². The highest BCUT2D eigenvalue weighted by molar-refractivity contribution is 7.99. The van der Waals surface area contributed by atoms with Gasteiger partial charge in [-0.15, -0.1) is 0 Å². The molecule has 0 radical (unpaired) electrons. The third-order valence-corrected chi connectivity index (χ3v) is 6.99. The van der Waals surface area contributed by atoms with Gasteiger partial charge in [-0.2, -0.15) is 11.8 Å². The van der Waals surface area contributed by atoms with Gasteiger partial charge in [-0.3, -0.25) is 0 Å². The van der Waals surface area contributed by atoms with Gasteiger partial charge in [-0.1, -0.05) is 12.8 Å². The predicted molar refractivity (Wildman–Crippen MR) is 81.2 cm³/mol. The van der Waals surface area contributed by atoms with Crippen molar-refractivity contribution in [1.29, 1.82) is 0 Å². The van der Waals surface area contributed by atoms with Crippen LogP contribution < -0.4 is 5.32 Å². The van der Waals surface area contributed by atoms with Gasteiger partial charge >= 0.3 is 0 Å². The minimum absolute atomic E-state index is 0.801. The third kappa shape index (κ3) is 2.90. The zero-order valence-electron chi connectivity index (χ0n) is 11.9. The number of rotatable bonds is 3. The first-order valence-corrected chi connectivity index (χ1v) is 9.37. The Morgan fingerprint density at radius 3 is 2.22 bits per heavy atom. The Morgan fingerprint density at radius 1 is 0.889 bits per heavy atom. The van der Waals surface area contributed by atoms with Crippen molar-refractivity contribution in [3.05, 3.63) is 0 Å². The maximum Gasteiger partial charge on any atom is 0.00805 e. The summed E-state index contributed by atoms with van der Waals surface area (Å²) >= 11 is 2.07. The van der Waals surface area contributed by atoms with E-state index in [1.54, 1.807) is 0 Å². The predicted octanol–water partition coefficient (Wildman–Crippen LogP) is 4.36. The molecule has 0 aromatic carbocycles. The van der Waals surface area contributed by atoms with Gasteiger partial charge in [0.15, 0.2) is 0 Å². The van der Waals surface area contributed by atoms with E-state index in [4.69, 9.17) is 0 Å². The Kier molecular flexibility index (Phi) is 4.25. The molecule has 104 valence electrons. The van der Waals surface area contributed by atoms with Crippen LogP contribution >= 0.6 is 11.8 Å². The van der Waals surface area contributed by atoms with E-state index in [0.717, 1.165) is 22.7 Å². The zero-order chi connectivity index (χ0) is 12.4. The van der Waals surface area contributed by atoms with Crippen molar-refractivity contribution in [2.24, 2.45) is 5.41 Å². The summed E-state index contributed by atoms with van der Waals surface area (Å²) in [5, 5.41) is 4.91. The molecule has 3 rings (SSSR count). The minimum atomic E-state index is 0.801. The summed E-state index contributed by atoms with van der Waals surface area (Å²) in [5.41, 5.74) is 0.801. The zero-order valence-corrected chi connectivity index (χ0v) is 12.7. The van der Waals surface area contributed by atoms with Crippen LogP contribution in [0.4, 0.5) is 0 Å². The van der Waals surface area contributed by atoms with E-state index in [-0.39, 0.29) is 0 Å². The van der Waals surface area contributed by atoms with Crippen LogP contribution in [0.2, 0.25) is 0 Å². The molecule has 2 heteroatoms. The summed E-state index contributed by atoms with van der Waals surface area (Å²) < 4.78 is 0. The summed E-state index contributed by atoms with van der Waals surface area (Å²) in [4.78, 5) is 0. The van der Waals surface area contributed by atoms with Crippen LogP contribution in [0.15, 0.2) is 0 Å². The number of hydrogen-bond donors (Lipinski definition) is 1. The summed E-state index contributed by atoms with van der Waals surface area (Å²) in [6.07, 6.45) is 18.6. The molecule has 3 fully saturated rings. The molecule has 3 aliphatic rings. The smallest absolute Gasteiger partial charge is 0.00805 e. The molecule has 0 heterocycles. The summed E-state index contributed by atoms with van der Waals surface area (Å²) in [7, 11) is 0. The molecule has 0 amide bonds. The van der Waals surface area contributed by atoms with E-state index < -0.39 is 0 Å². The highest BCUT2D eigenvalue weighted by Crippen LogP contribution is 2.49. The van der Waals surface area contributed by atoms with Crippen molar-refractivity contribution in [1.82, 2.24) is 5.32 Å². The maximum atomic E-state index is 3.98. The van der Waals surface area contributed by atoms with Crippen LogP contribution in [0, 0.1) is 5.41 Å². The van der Waals surface area contributed by atoms with Gasteiger partial charge in [0.25, 0.3) is 0 Å². The van der Waals surface area contributed by atoms with E-state index in [9.17, 15) is 0 Å². The van der Waals surface area contributed by atoms with Gasteiger partial charge in [0.05, 0.1) is 0 Å². The largest absolute Gasteiger partial charge is 0.311 e. The molecule has 0 aliphatic heterocycles. The van der Waals surface area contributed by atoms with Gasteiger partial charge in [0.2, 0.25) is 0 Å².